The molecule has 0 spiro atoms. The smallest absolute Gasteiger partial charge is 0.146 e. The number of methoxy groups -OCH3 is 6. The van der Waals surface area contributed by atoms with E-state index in [1.54, 1.807) is 42.7 Å². The maximum atomic E-state index is 6.63. The quantitative estimate of drug-likeness (QED) is 0.183. The van der Waals surface area contributed by atoms with Gasteiger partial charge in [-0.2, -0.15) is 0 Å². The van der Waals surface area contributed by atoms with Gasteiger partial charge in [0.25, 0.3) is 0 Å². The third kappa shape index (κ3) is 11.3. The zero-order valence-electron chi connectivity index (χ0n) is 27.0. The molecule has 0 aromatic heterocycles. The van der Waals surface area contributed by atoms with Crippen LogP contribution in [0.3, 0.4) is 0 Å². The molecule has 3 aliphatic rings. The molecule has 0 radical (unpaired) electrons. The molecule has 44 heavy (non-hydrogen) atoms. The largest absolute Gasteiger partial charge is 0.368 e. The molecule has 0 aromatic rings. The van der Waals surface area contributed by atoms with Crippen molar-refractivity contribution in [1.82, 2.24) is 10.6 Å². The van der Waals surface area contributed by atoms with E-state index in [1.165, 1.54) is 0 Å². The fraction of sp³-hybridized carbons (Fsp3) is 1.00. The summed E-state index contributed by atoms with van der Waals surface area (Å²) in [6.07, 6.45) is -3.17. The molecule has 0 aliphatic carbocycles. The van der Waals surface area contributed by atoms with Crippen LogP contribution < -0.4 is 10.6 Å². The lowest BCUT2D eigenvalue weighted by Crippen LogP contribution is -2.64. The molecule has 0 aromatic carbocycles. The molecule has 3 rings (SSSR count). The first-order valence-electron chi connectivity index (χ1n) is 15.0. The molecule has 3 saturated heterocycles. The molecule has 4 bridgehead atoms. The normalized spacial score (nSPS) is 35.3. The van der Waals surface area contributed by atoms with Crippen LogP contribution in [0.25, 0.3) is 0 Å². The first-order chi connectivity index (χ1) is 21.6. The summed E-state index contributed by atoms with van der Waals surface area (Å²) in [6, 6.07) is 0. The van der Waals surface area contributed by atoms with Crippen LogP contribution >= 0.6 is 0 Å². The zero-order chi connectivity index (χ0) is 31.6. The van der Waals surface area contributed by atoms with E-state index in [0.717, 1.165) is 0 Å². The van der Waals surface area contributed by atoms with Gasteiger partial charge in [0.2, 0.25) is 0 Å². The second-order valence-electron chi connectivity index (χ2n) is 10.6. The van der Waals surface area contributed by atoms with Crippen molar-refractivity contribution in [2.75, 3.05) is 110 Å². The van der Waals surface area contributed by atoms with E-state index < -0.39 is 36.6 Å². The van der Waals surface area contributed by atoms with Crippen LogP contribution in [0.4, 0.5) is 0 Å². The third-order valence-electron chi connectivity index (χ3n) is 7.63. The highest BCUT2D eigenvalue weighted by Crippen LogP contribution is 2.32. The number of fused-ring (bicyclic) bond motifs is 4. The van der Waals surface area contributed by atoms with Crippen molar-refractivity contribution in [2.24, 2.45) is 0 Å². The van der Waals surface area contributed by atoms with Gasteiger partial charge in [0.15, 0.2) is 0 Å². The number of ether oxygens (including phenoxy) is 14. The predicted octanol–water partition coefficient (Wildman–Crippen LogP) is -0.571. The number of rotatable bonds is 18. The van der Waals surface area contributed by atoms with Crippen LogP contribution in [0.1, 0.15) is 12.8 Å². The first-order valence-corrected chi connectivity index (χ1v) is 15.0. The Kier molecular flexibility index (Phi) is 18.9. The van der Waals surface area contributed by atoms with Crippen molar-refractivity contribution in [3.05, 3.63) is 0 Å². The monoisotopic (exact) mass is 642 g/mol. The summed E-state index contributed by atoms with van der Waals surface area (Å²) in [7, 11) is 9.44. The van der Waals surface area contributed by atoms with Gasteiger partial charge < -0.3 is 76.9 Å². The van der Waals surface area contributed by atoms with Crippen molar-refractivity contribution in [2.45, 2.75) is 73.9 Å². The topological polar surface area (TPSA) is 153 Å². The lowest BCUT2D eigenvalue weighted by molar-refractivity contribution is -0.293. The summed E-state index contributed by atoms with van der Waals surface area (Å²) in [5, 5.41) is 7.04. The molecule has 3 heterocycles. The lowest BCUT2D eigenvalue weighted by atomic mass is 9.91. The number of nitrogens with one attached hydrogen (secondary N) is 2. The molecule has 3 fully saturated rings. The van der Waals surface area contributed by atoms with Crippen LogP contribution in [-0.4, -0.2) is 171 Å². The average Bonchev–Trinajstić information content (AvgIpc) is 3.03. The molecule has 2 N–H and O–H groups in total. The standard InChI is InChI=1S/C28H54N2O14/c1-31-13-37-23-19-7-9-29-12-22-26(40-16-34-4)28(42-18-36-6)24(38-14-32-2)20(44-22)8-10-30-11-21(43-19)25(39-15-33-3)27(23)41-17-35-5/h19-30H,7-18H2,1-6H3/t19-,20-,21-,22-,23+,24+,25-,26-,27-,28-/m1/s1. The third-order valence-corrected chi connectivity index (χ3v) is 7.63. The molecule has 260 valence electrons. The SMILES string of the molecule is COCO[C@@H]1[C@@H](OCOC)[C@H]2CCNC[C@H]3O[C@H](CCNC[C@@H](O2)[C@H]1OCOC)[C@H](OCOC)[C@@H](OCOC)[C@@H]3OCOC. The maximum Gasteiger partial charge on any atom is 0.146 e. The Bertz CT molecular complexity index is 624. The summed E-state index contributed by atoms with van der Waals surface area (Å²) in [5.74, 6) is 0. The first kappa shape index (κ1) is 37.8. The van der Waals surface area contributed by atoms with Gasteiger partial charge in [0, 0.05) is 55.7 Å². The molecule has 3 aliphatic heterocycles. The van der Waals surface area contributed by atoms with E-state index in [2.05, 4.69) is 10.6 Å². The molecule has 0 saturated carbocycles. The van der Waals surface area contributed by atoms with Gasteiger partial charge >= 0.3 is 0 Å². The highest BCUT2D eigenvalue weighted by molar-refractivity contribution is 4.98. The maximum absolute atomic E-state index is 6.63. The molecular weight excluding hydrogens is 588 g/mol. The van der Waals surface area contributed by atoms with Crippen LogP contribution in [0.15, 0.2) is 0 Å². The number of hydrogen-bond acceptors (Lipinski definition) is 16. The molecule has 0 unspecified atom stereocenters. The Hall–Kier alpha value is -0.640. The minimum absolute atomic E-state index is 0.0611. The summed E-state index contributed by atoms with van der Waals surface area (Å²) in [6.45, 7) is 2.51. The van der Waals surface area contributed by atoms with Crippen molar-refractivity contribution >= 4 is 0 Å². The fourth-order valence-electron chi connectivity index (χ4n) is 5.82. The average molecular weight is 643 g/mol. The van der Waals surface area contributed by atoms with Crippen molar-refractivity contribution in [3.8, 4) is 0 Å². The second kappa shape index (κ2) is 22.0. The van der Waals surface area contributed by atoms with Gasteiger partial charge in [-0.05, 0) is 25.9 Å². The summed E-state index contributed by atoms with van der Waals surface area (Å²) in [4.78, 5) is 0. The van der Waals surface area contributed by atoms with E-state index in [9.17, 15) is 0 Å². The van der Waals surface area contributed by atoms with E-state index in [4.69, 9.17) is 66.3 Å². The Morgan fingerprint density at radius 3 is 0.977 bits per heavy atom. The van der Waals surface area contributed by atoms with Gasteiger partial charge in [-0.15, -0.1) is 0 Å². The van der Waals surface area contributed by atoms with Gasteiger partial charge in [-0.25, -0.2) is 0 Å². The van der Waals surface area contributed by atoms with E-state index in [1.807, 2.05) is 0 Å². The Balaban J connectivity index is 1.86. The van der Waals surface area contributed by atoms with Crippen molar-refractivity contribution in [1.29, 1.82) is 0 Å². The Morgan fingerprint density at radius 2 is 0.682 bits per heavy atom. The predicted molar refractivity (Wildman–Crippen MR) is 153 cm³/mol. The van der Waals surface area contributed by atoms with Crippen molar-refractivity contribution in [3.63, 3.8) is 0 Å². The van der Waals surface area contributed by atoms with Crippen LogP contribution in [-0.2, 0) is 66.3 Å². The summed E-state index contributed by atoms with van der Waals surface area (Å²) < 4.78 is 81.5. The lowest BCUT2D eigenvalue weighted by Gasteiger charge is -2.47. The molecule has 16 heteroatoms. The molecular formula is C28H54N2O14. The Morgan fingerprint density at radius 1 is 0.409 bits per heavy atom. The summed E-state index contributed by atoms with van der Waals surface area (Å²) in [5.41, 5.74) is 0. The minimum Gasteiger partial charge on any atom is -0.368 e. The highest BCUT2D eigenvalue weighted by Gasteiger charge is 2.50. The number of hydrogen-bond donors (Lipinski definition) is 2. The van der Waals surface area contributed by atoms with Crippen LogP contribution in [0.2, 0.25) is 0 Å². The van der Waals surface area contributed by atoms with E-state index in [0.29, 0.717) is 39.0 Å². The summed E-state index contributed by atoms with van der Waals surface area (Å²) >= 11 is 0. The van der Waals surface area contributed by atoms with Crippen LogP contribution in [0, 0.1) is 0 Å². The highest BCUT2D eigenvalue weighted by atomic mass is 16.7. The second-order valence-corrected chi connectivity index (χ2v) is 10.6. The Labute approximate surface area is 260 Å². The molecule has 16 nitrogen and oxygen atoms in total. The van der Waals surface area contributed by atoms with Crippen LogP contribution in [0.5, 0.6) is 0 Å². The molecule has 10 atom stereocenters. The molecule has 0 amide bonds. The van der Waals surface area contributed by atoms with Gasteiger partial charge in [-0.3, -0.25) is 0 Å². The fourth-order valence-corrected chi connectivity index (χ4v) is 5.82. The van der Waals surface area contributed by atoms with Gasteiger partial charge in [0.05, 0.1) is 24.4 Å². The van der Waals surface area contributed by atoms with Crippen molar-refractivity contribution < 1.29 is 66.3 Å². The van der Waals surface area contributed by atoms with E-state index in [-0.39, 0.29) is 65.2 Å². The van der Waals surface area contributed by atoms with Gasteiger partial charge in [0.1, 0.15) is 77.4 Å². The minimum atomic E-state index is -0.504. The van der Waals surface area contributed by atoms with E-state index >= 15 is 0 Å². The zero-order valence-corrected chi connectivity index (χ0v) is 27.0. The van der Waals surface area contributed by atoms with Gasteiger partial charge in [-0.1, -0.05) is 0 Å².